The van der Waals surface area contributed by atoms with Crippen LogP contribution in [0.25, 0.3) is 0 Å². The van der Waals surface area contributed by atoms with Crippen LogP contribution in [0, 0.1) is 0 Å². The predicted octanol–water partition coefficient (Wildman–Crippen LogP) is 0.904. The van der Waals surface area contributed by atoms with Crippen LogP contribution in [0.15, 0.2) is 42.5 Å². The summed E-state index contributed by atoms with van der Waals surface area (Å²) < 4.78 is 15.7. The van der Waals surface area contributed by atoms with Gasteiger partial charge in [0.25, 0.3) is 11.8 Å². The highest BCUT2D eigenvalue weighted by Crippen LogP contribution is 2.34. The number of rotatable bonds is 7. The molecule has 148 valence electrons. The smallest absolute Gasteiger partial charge is 0.282 e. The first-order valence-electron chi connectivity index (χ1n) is 8.93. The first kappa shape index (κ1) is 19.5. The highest BCUT2D eigenvalue weighted by Gasteiger charge is 2.24. The zero-order chi connectivity index (χ0) is 20.1. The van der Waals surface area contributed by atoms with Crippen molar-refractivity contribution < 1.29 is 28.7 Å². The fourth-order valence-corrected chi connectivity index (χ4v) is 2.76. The highest BCUT2D eigenvalue weighted by atomic mass is 16.7. The number of nitrogens with one attached hydrogen (secondary N) is 3. The number of quaternary nitrogens is 1. The molecule has 0 aromatic heterocycles. The van der Waals surface area contributed by atoms with E-state index in [2.05, 4.69) is 10.6 Å². The number of methoxy groups -OCH3 is 1. The van der Waals surface area contributed by atoms with Crippen LogP contribution < -0.4 is 29.7 Å². The lowest BCUT2D eigenvalue weighted by Crippen LogP contribution is -3.14. The van der Waals surface area contributed by atoms with E-state index in [9.17, 15) is 9.59 Å². The Morgan fingerprint density at radius 1 is 1.11 bits per heavy atom. The number of likely N-dealkylation sites (N-methyl/N-ethyl adjacent to an activating group) is 1. The number of fused-ring (bicyclic) bond motifs is 1. The summed E-state index contributed by atoms with van der Waals surface area (Å²) in [7, 11) is 3.37. The zero-order valence-corrected chi connectivity index (χ0v) is 16.1. The van der Waals surface area contributed by atoms with Gasteiger partial charge in [-0.15, -0.1) is 0 Å². The van der Waals surface area contributed by atoms with Crippen LogP contribution >= 0.6 is 0 Å². The largest absolute Gasteiger partial charge is 0.497 e. The molecule has 1 heterocycles. The van der Waals surface area contributed by atoms with E-state index in [-0.39, 0.29) is 25.2 Å². The Bertz CT molecular complexity index is 871. The predicted molar refractivity (Wildman–Crippen MR) is 104 cm³/mol. The maximum Gasteiger partial charge on any atom is 0.282 e. The molecule has 0 fully saturated rings. The fraction of sp³-hybridized carbons (Fsp3) is 0.300. The highest BCUT2D eigenvalue weighted by molar-refractivity contribution is 5.95. The molecule has 2 aromatic rings. The van der Waals surface area contributed by atoms with Gasteiger partial charge in [0.1, 0.15) is 5.75 Å². The SMILES string of the molecule is COc1cccc(NC(=O)C[NH+](C)[C@H](C)C(=O)Nc2ccc3c(c2)OCO3)c1. The van der Waals surface area contributed by atoms with E-state index in [0.717, 1.165) is 4.90 Å². The third-order valence-electron chi connectivity index (χ3n) is 4.57. The van der Waals surface area contributed by atoms with Gasteiger partial charge < -0.3 is 29.7 Å². The Hall–Kier alpha value is -3.26. The van der Waals surface area contributed by atoms with E-state index in [1.807, 2.05) is 0 Å². The van der Waals surface area contributed by atoms with Crippen molar-refractivity contribution in [2.75, 3.05) is 38.1 Å². The molecule has 0 bridgehead atoms. The topological polar surface area (TPSA) is 90.3 Å². The van der Waals surface area contributed by atoms with Crippen molar-refractivity contribution in [3.05, 3.63) is 42.5 Å². The maximum atomic E-state index is 12.5. The summed E-state index contributed by atoms with van der Waals surface area (Å²) in [4.78, 5) is 25.6. The van der Waals surface area contributed by atoms with Crippen LogP contribution in [-0.2, 0) is 9.59 Å². The van der Waals surface area contributed by atoms with Gasteiger partial charge in [-0.25, -0.2) is 0 Å². The van der Waals surface area contributed by atoms with E-state index in [4.69, 9.17) is 14.2 Å². The molecule has 3 rings (SSSR count). The molecule has 0 radical (unpaired) electrons. The molecule has 8 heteroatoms. The number of hydrogen-bond donors (Lipinski definition) is 3. The number of carbonyl (C=O) groups excluding carboxylic acids is 2. The molecule has 2 amide bonds. The number of anilines is 2. The fourth-order valence-electron chi connectivity index (χ4n) is 2.76. The third kappa shape index (κ3) is 4.72. The standard InChI is InChI=1S/C20H23N3O5/c1-13(20(25)22-15-7-8-17-18(10-15)28-12-27-17)23(2)11-19(24)21-14-5-4-6-16(9-14)26-3/h4-10,13H,11-12H2,1-3H3,(H,21,24)(H,22,25)/p+1/t13-/m1/s1. The second-order valence-electron chi connectivity index (χ2n) is 6.58. The molecule has 0 saturated carbocycles. The summed E-state index contributed by atoms with van der Waals surface area (Å²) in [5.74, 6) is 1.54. The molecule has 1 aliphatic rings. The van der Waals surface area contributed by atoms with E-state index >= 15 is 0 Å². The maximum absolute atomic E-state index is 12.5. The summed E-state index contributed by atoms with van der Waals surface area (Å²) in [5.41, 5.74) is 1.27. The van der Waals surface area contributed by atoms with Gasteiger partial charge in [0.15, 0.2) is 24.1 Å². The summed E-state index contributed by atoms with van der Waals surface area (Å²) >= 11 is 0. The van der Waals surface area contributed by atoms with Crippen LogP contribution in [0.4, 0.5) is 11.4 Å². The van der Waals surface area contributed by atoms with Crippen LogP contribution in [-0.4, -0.2) is 45.4 Å². The number of hydrogen-bond acceptors (Lipinski definition) is 5. The molecule has 0 aliphatic carbocycles. The Labute approximate surface area is 163 Å². The lowest BCUT2D eigenvalue weighted by molar-refractivity contribution is -0.885. The number of amides is 2. The zero-order valence-electron chi connectivity index (χ0n) is 16.1. The first-order chi connectivity index (χ1) is 13.5. The average Bonchev–Trinajstić information content (AvgIpc) is 3.15. The van der Waals surface area contributed by atoms with Gasteiger partial charge >= 0.3 is 0 Å². The van der Waals surface area contributed by atoms with Crippen molar-refractivity contribution in [3.63, 3.8) is 0 Å². The number of carbonyl (C=O) groups is 2. The quantitative estimate of drug-likeness (QED) is 0.658. The molecule has 2 aromatic carbocycles. The molecular formula is C20H24N3O5+. The van der Waals surface area contributed by atoms with Crippen molar-refractivity contribution >= 4 is 23.2 Å². The van der Waals surface area contributed by atoms with Crippen molar-refractivity contribution in [2.45, 2.75) is 13.0 Å². The lowest BCUT2D eigenvalue weighted by atomic mass is 10.2. The van der Waals surface area contributed by atoms with Crippen LogP contribution in [0.3, 0.4) is 0 Å². The number of ether oxygens (including phenoxy) is 3. The molecule has 28 heavy (non-hydrogen) atoms. The lowest BCUT2D eigenvalue weighted by Gasteiger charge is -2.20. The average molecular weight is 386 g/mol. The Morgan fingerprint density at radius 2 is 1.86 bits per heavy atom. The molecular weight excluding hydrogens is 362 g/mol. The van der Waals surface area contributed by atoms with E-state index in [1.165, 1.54) is 0 Å². The van der Waals surface area contributed by atoms with Crippen LogP contribution in [0.5, 0.6) is 17.2 Å². The molecule has 1 aliphatic heterocycles. The summed E-state index contributed by atoms with van der Waals surface area (Å²) in [5, 5.41) is 5.66. The van der Waals surface area contributed by atoms with Gasteiger partial charge in [0, 0.05) is 23.5 Å². The van der Waals surface area contributed by atoms with Gasteiger partial charge in [-0.3, -0.25) is 9.59 Å². The molecule has 0 saturated heterocycles. The molecule has 2 atom stereocenters. The van der Waals surface area contributed by atoms with Crippen molar-refractivity contribution in [3.8, 4) is 17.2 Å². The second kappa shape index (κ2) is 8.62. The molecule has 8 nitrogen and oxygen atoms in total. The normalized spacial score (nSPS) is 14.1. The Morgan fingerprint density at radius 3 is 2.64 bits per heavy atom. The molecule has 0 spiro atoms. The van der Waals surface area contributed by atoms with Crippen molar-refractivity contribution in [1.82, 2.24) is 0 Å². The van der Waals surface area contributed by atoms with Crippen molar-refractivity contribution in [2.24, 2.45) is 0 Å². The van der Waals surface area contributed by atoms with E-state index in [1.54, 1.807) is 63.5 Å². The molecule has 1 unspecified atom stereocenters. The minimum atomic E-state index is -0.429. The second-order valence-corrected chi connectivity index (χ2v) is 6.58. The number of benzene rings is 2. The van der Waals surface area contributed by atoms with Gasteiger partial charge in [-0.1, -0.05) is 6.07 Å². The summed E-state index contributed by atoms with van der Waals surface area (Å²) in [6.45, 7) is 2.10. The minimum Gasteiger partial charge on any atom is -0.497 e. The van der Waals surface area contributed by atoms with Crippen molar-refractivity contribution in [1.29, 1.82) is 0 Å². The summed E-state index contributed by atoms with van der Waals surface area (Å²) in [6.07, 6.45) is 0. The van der Waals surface area contributed by atoms with Crippen LogP contribution in [0.2, 0.25) is 0 Å². The monoisotopic (exact) mass is 386 g/mol. The molecule has 3 N–H and O–H groups in total. The summed E-state index contributed by atoms with van der Waals surface area (Å²) in [6, 6.07) is 11.9. The van der Waals surface area contributed by atoms with Gasteiger partial charge in [0.05, 0.1) is 14.2 Å². The van der Waals surface area contributed by atoms with E-state index < -0.39 is 6.04 Å². The van der Waals surface area contributed by atoms with E-state index in [0.29, 0.717) is 28.6 Å². The Balaban J connectivity index is 1.53. The van der Waals surface area contributed by atoms with Gasteiger partial charge in [-0.2, -0.15) is 0 Å². The van der Waals surface area contributed by atoms with Crippen LogP contribution in [0.1, 0.15) is 6.92 Å². The Kier molecular flexibility index (Phi) is 6.00. The van der Waals surface area contributed by atoms with Gasteiger partial charge in [0.2, 0.25) is 6.79 Å². The third-order valence-corrected chi connectivity index (χ3v) is 4.57. The first-order valence-corrected chi connectivity index (χ1v) is 8.93. The van der Waals surface area contributed by atoms with Gasteiger partial charge in [-0.05, 0) is 31.2 Å². The minimum absolute atomic E-state index is 0.146.